The van der Waals surface area contributed by atoms with E-state index < -0.39 is 0 Å². The third-order valence-electron chi connectivity index (χ3n) is 5.53. The van der Waals surface area contributed by atoms with Crippen LogP contribution in [0.25, 0.3) is 0 Å². The molecule has 2 nitrogen and oxygen atoms in total. The van der Waals surface area contributed by atoms with Crippen molar-refractivity contribution in [3.63, 3.8) is 0 Å². The van der Waals surface area contributed by atoms with Crippen molar-refractivity contribution in [1.82, 2.24) is 4.90 Å². The Morgan fingerprint density at radius 3 is 2.58 bits per heavy atom. The van der Waals surface area contributed by atoms with Crippen LogP contribution in [0.15, 0.2) is 48.5 Å². The van der Waals surface area contributed by atoms with E-state index in [0.717, 1.165) is 18.9 Å². The Balaban J connectivity index is 1.26. The number of likely N-dealkylation sites (tertiary alicyclic amines) is 1. The maximum atomic E-state index is 6.22. The Morgan fingerprint density at radius 1 is 0.917 bits per heavy atom. The van der Waals surface area contributed by atoms with Crippen molar-refractivity contribution in [2.45, 2.75) is 38.6 Å². The zero-order valence-electron chi connectivity index (χ0n) is 14.4. The van der Waals surface area contributed by atoms with Gasteiger partial charge in [-0.1, -0.05) is 42.5 Å². The summed E-state index contributed by atoms with van der Waals surface area (Å²) in [7, 11) is 0. The van der Waals surface area contributed by atoms with Crippen LogP contribution in [-0.2, 0) is 19.4 Å². The van der Waals surface area contributed by atoms with E-state index in [2.05, 4.69) is 53.4 Å². The molecule has 126 valence electrons. The van der Waals surface area contributed by atoms with Gasteiger partial charge in [0.15, 0.2) is 0 Å². The van der Waals surface area contributed by atoms with Crippen molar-refractivity contribution in [3.8, 4) is 5.75 Å². The predicted octanol–water partition coefficient (Wildman–Crippen LogP) is 4.47. The predicted molar refractivity (Wildman–Crippen MR) is 98.4 cm³/mol. The minimum absolute atomic E-state index is 0.703. The zero-order valence-corrected chi connectivity index (χ0v) is 14.4. The number of rotatable bonds is 5. The molecule has 2 aromatic rings. The van der Waals surface area contributed by atoms with Gasteiger partial charge in [-0.05, 0) is 73.9 Å². The van der Waals surface area contributed by atoms with E-state index in [-0.39, 0.29) is 0 Å². The van der Waals surface area contributed by atoms with Crippen molar-refractivity contribution >= 4 is 0 Å². The average Bonchev–Trinajstić information content (AvgIpc) is 3.11. The molecule has 1 saturated heterocycles. The van der Waals surface area contributed by atoms with Crippen molar-refractivity contribution < 1.29 is 4.74 Å². The molecule has 0 N–H and O–H groups in total. The molecule has 1 heterocycles. The lowest BCUT2D eigenvalue weighted by atomic mass is 9.97. The highest BCUT2D eigenvalue weighted by Gasteiger charge is 2.21. The van der Waals surface area contributed by atoms with Gasteiger partial charge in [-0.2, -0.15) is 0 Å². The van der Waals surface area contributed by atoms with Crippen LogP contribution >= 0.6 is 0 Å². The summed E-state index contributed by atoms with van der Waals surface area (Å²) in [4.78, 5) is 2.58. The van der Waals surface area contributed by atoms with Crippen LogP contribution in [0, 0.1) is 5.92 Å². The Hall–Kier alpha value is -1.80. The van der Waals surface area contributed by atoms with E-state index in [9.17, 15) is 0 Å². The van der Waals surface area contributed by atoms with Crippen molar-refractivity contribution in [1.29, 1.82) is 0 Å². The topological polar surface area (TPSA) is 12.5 Å². The average molecular weight is 321 g/mol. The van der Waals surface area contributed by atoms with Crippen molar-refractivity contribution in [3.05, 3.63) is 65.2 Å². The van der Waals surface area contributed by atoms with Crippen LogP contribution in [0.5, 0.6) is 5.75 Å². The molecule has 0 unspecified atom stereocenters. The van der Waals surface area contributed by atoms with Gasteiger partial charge in [0.05, 0.1) is 6.61 Å². The molecule has 1 aliphatic heterocycles. The Kier molecular flexibility index (Phi) is 4.84. The van der Waals surface area contributed by atoms with Gasteiger partial charge in [0.2, 0.25) is 0 Å². The van der Waals surface area contributed by atoms with E-state index >= 15 is 0 Å². The van der Waals surface area contributed by atoms with Gasteiger partial charge in [0, 0.05) is 6.54 Å². The highest BCUT2D eigenvalue weighted by Crippen LogP contribution is 2.31. The van der Waals surface area contributed by atoms with E-state index in [1.54, 1.807) is 0 Å². The number of hydrogen-bond donors (Lipinski definition) is 0. The highest BCUT2D eigenvalue weighted by molar-refractivity contribution is 5.43. The van der Waals surface area contributed by atoms with Gasteiger partial charge >= 0.3 is 0 Å². The fraction of sp³-hybridized carbons (Fsp3) is 0.455. The molecular weight excluding hydrogens is 294 g/mol. The SMILES string of the molecule is c1ccc(CN2CCC(COc3cccc4c3CCC4)CC2)cc1. The second kappa shape index (κ2) is 7.40. The van der Waals surface area contributed by atoms with Crippen LogP contribution in [-0.4, -0.2) is 24.6 Å². The highest BCUT2D eigenvalue weighted by atomic mass is 16.5. The molecule has 2 aromatic carbocycles. The van der Waals surface area contributed by atoms with E-state index in [4.69, 9.17) is 4.74 Å². The van der Waals surface area contributed by atoms with Crippen molar-refractivity contribution in [2.75, 3.05) is 19.7 Å². The lowest BCUT2D eigenvalue weighted by Crippen LogP contribution is -2.35. The summed E-state index contributed by atoms with van der Waals surface area (Å²) in [6.07, 6.45) is 6.21. The first-order valence-corrected chi connectivity index (χ1v) is 9.38. The molecule has 2 heteroatoms. The summed E-state index contributed by atoms with van der Waals surface area (Å²) in [6.45, 7) is 4.35. The minimum atomic E-state index is 0.703. The summed E-state index contributed by atoms with van der Waals surface area (Å²) in [6, 6.07) is 17.4. The largest absolute Gasteiger partial charge is 0.493 e. The van der Waals surface area contributed by atoms with Gasteiger partial charge in [-0.15, -0.1) is 0 Å². The Labute approximate surface area is 145 Å². The molecule has 24 heavy (non-hydrogen) atoms. The fourth-order valence-electron chi connectivity index (χ4n) is 4.08. The van der Waals surface area contributed by atoms with Crippen LogP contribution < -0.4 is 4.74 Å². The summed E-state index contributed by atoms with van der Waals surface area (Å²) in [5, 5.41) is 0. The van der Waals surface area contributed by atoms with Crippen LogP contribution in [0.3, 0.4) is 0 Å². The van der Waals surface area contributed by atoms with Gasteiger partial charge < -0.3 is 4.74 Å². The van der Waals surface area contributed by atoms with Crippen LogP contribution in [0.4, 0.5) is 0 Å². The Bertz CT molecular complexity index is 659. The molecule has 0 atom stereocenters. The zero-order chi connectivity index (χ0) is 16.2. The Morgan fingerprint density at radius 2 is 1.75 bits per heavy atom. The second-order valence-electron chi connectivity index (χ2n) is 7.26. The smallest absolute Gasteiger partial charge is 0.122 e. The minimum Gasteiger partial charge on any atom is -0.493 e. The summed E-state index contributed by atoms with van der Waals surface area (Å²) >= 11 is 0. The van der Waals surface area contributed by atoms with Gasteiger partial charge in [0.1, 0.15) is 5.75 Å². The molecule has 1 aliphatic carbocycles. The first kappa shape index (κ1) is 15.7. The molecule has 0 saturated carbocycles. The number of fused-ring (bicyclic) bond motifs is 1. The van der Waals surface area contributed by atoms with Gasteiger partial charge in [0.25, 0.3) is 0 Å². The third-order valence-corrected chi connectivity index (χ3v) is 5.53. The molecule has 0 radical (unpaired) electrons. The first-order chi connectivity index (χ1) is 11.9. The lowest BCUT2D eigenvalue weighted by molar-refractivity contribution is 0.136. The molecule has 0 spiro atoms. The molecular formula is C22H27NO. The standard InChI is InChI=1S/C22H27NO/c1-2-6-18(7-3-1)16-23-14-12-19(13-15-23)17-24-22-11-5-9-20-8-4-10-21(20)22/h1-3,5-7,9,11,19H,4,8,10,12-17H2. The number of aryl methyl sites for hydroxylation is 1. The number of ether oxygens (including phenoxy) is 1. The number of benzene rings is 2. The fourth-order valence-corrected chi connectivity index (χ4v) is 4.08. The molecule has 4 rings (SSSR count). The number of hydrogen-bond acceptors (Lipinski definition) is 2. The van der Waals surface area contributed by atoms with E-state index in [1.165, 1.54) is 61.9 Å². The third kappa shape index (κ3) is 3.64. The van der Waals surface area contributed by atoms with E-state index in [0.29, 0.717) is 5.92 Å². The van der Waals surface area contributed by atoms with Crippen LogP contribution in [0.1, 0.15) is 36.0 Å². The van der Waals surface area contributed by atoms with Gasteiger partial charge in [-0.3, -0.25) is 4.90 Å². The number of nitrogens with zero attached hydrogens (tertiary/aromatic N) is 1. The maximum absolute atomic E-state index is 6.22. The number of piperidine rings is 1. The second-order valence-corrected chi connectivity index (χ2v) is 7.26. The summed E-state index contributed by atoms with van der Waals surface area (Å²) in [5.41, 5.74) is 4.40. The molecule has 0 amide bonds. The van der Waals surface area contributed by atoms with Crippen molar-refractivity contribution in [2.24, 2.45) is 5.92 Å². The monoisotopic (exact) mass is 321 g/mol. The van der Waals surface area contributed by atoms with Gasteiger partial charge in [-0.25, -0.2) is 0 Å². The quantitative estimate of drug-likeness (QED) is 0.806. The maximum Gasteiger partial charge on any atom is 0.122 e. The molecule has 1 fully saturated rings. The lowest BCUT2D eigenvalue weighted by Gasteiger charge is -2.32. The molecule has 0 aromatic heterocycles. The summed E-state index contributed by atoms with van der Waals surface area (Å²) < 4.78 is 6.22. The first-order valence-electron chi connectivity index (χ1n) is 9.38. The molecule has 2 aliphatic rings. The molecule has 0 bridgehead atoms. The van der Waals surface area contributed by atoms with Crippen LogP contribution in [0.2, 0.25) is 0 Å². The summed E-state index contributed by atoms with van der Waals surface area (Å²) in [5.74, 6) is 1.85. The normalized spacial score (nSPS) is 18.5. The van der Waals surface area contributed by atoms with E-state index in [1.807, 2.05) is 0 Å².